The van der Waals surface area contributed by atoms with Crippen molar-refractivity contribution in [2.75, 3.05) is 19.8 Å². The lowest BCUT2D eigenvalue weighted by Crippen LogP contribution is -2.62. The molecule has 0 bridgehead atoms. The van der Waals surface area contributed by atoms with Crippen molar-refractivity contribution in [3.63, 3.8) is 0 Å². The second-order valence-corrected chi connectivity index (χ2v) is 5.96. The van der Waals surface area contributed by atoms with Gasteiger partial charge in [-0.15, -0.1) is 0 Å². The zero-order valence-electron chi connectivity index (χ0n) is 12.1. The van der Waals surface area contributed by atoms with Gasteiger partial charge in [0, 0.05) is 18.8 Å². The molecule has 1 saturated heterocycles. The minimum absolute atomic E-state index is 0.0559. The van der Waals surface area contributed by atoms with E-state index in [1.807, 2.05) is 17.9 Å². The van der Waals surface area contributed by atoms with Gasteiger partial charge in [0.05, 0.1) is 36.2 Å². The molecule has 21 heavy (non-hydrogen) atoms. The predicted molar refractivity (Wildman–Crippen MR) is 76.2 cm³/mol. The lowest BCUT2D eigenvalue weighted by Gasteiger charge is -2.52. The quantitative estimate of drug-likeness (QED) is 0.796. The number of nitrogens with zero attached hydrogens (tertiary/aromatic N) is 4. The van der Waals surface area contributed by atoms with Gasteiger partial charge in [-0.1, -0.05) is 0 Å². The number of aromatic nitrogens is 3. The van der Waals surface area contributed by atoms with Crippen molar-refractivity contribution in [1.82, 2.24) is 19.5 Å². The van der Waals surface area contributed by atoms with Crippen LogP contribution in [0.15, 0.2) is 18.5 Å². The fourth-order valence-electron chi connectivity index (χ4n) is 3.35. The maximum absolute atomic E-state index is 13.0. The molecule has 1 aliphatic carbocycles. The van der Waals surface area contributed by atoms with Crippen LogP contribution in [0.4, 0.5) is 0 Å². The number of carbonyl (C=O) groups is 1. The number of hydrogen-bond acceptors (Lipinski definition) is 4. The van der Waals surface area contributed by atoms with Crippen LogP contribution in [0.2, 0.25) is 0 Å². The molecule has 4 rings (SSSR count). The van der Waals surface area contributed by atoms with Crippen LogP contribution in [0, 0.1) is 6.92 Å². The number of amides is 1. The summed E-state index contributed by atoms with van der Waals surface area (Å²) in [5.74, 6) is 0.0559. The van der Waals surface area contributed by atoms with E-state index < -0.39 is 0 Å². The van der Waals surface area contributed by atoms with Crippen molar-refractivity contribution in [3.8, 4) is 0 Å². The van der Waals surface area contributed by atoms with Crippen molar-refractivity contribution in [3.05, 3.63) is 29.7 Å². The predicted octanol–water partition coefficient (Wildman–Crippen LogP) is 1.43. The number of fused-ring (bicyclic) bond motifs is 1. The Labute approximate surface area is 122 Å². The third-order valence-corrected chi connectivity index (χ3v) is 4.74. The molecule has 0 N–H and O–H groups in total. The Kier molecular flexibility index (Phi) is 2.75. The molecule has 6 heteroatoms. The second kappa shape index (κ2) is 4.53. The Hall–Kier alpha value is -1.95. The molecule has 0 radical (unpaired) electrons. The van der Waals surface area contributed by atoms with E-state index in [4.69, 9.17) is 4.74 Å². The van der Waals surface area contributed by atoms with Crippen molar-refractivity contribution >= 4 is 11.6 Å². The van der Waals surface area contributed by atoms with E-state index in [1.165, 1.54) is 6.42 Å². The molecule has 0 unspecified atom stereocenters. The van der Waals surface area contributed by atoms with E-state index in [1.54, 1.807) is 16.9 Å². The van der Waals surface area contributed by atoms with E-state index in [0.29, 0.717) is 25.3 Å². The van der Waals surface area contributed by atoms with Crippen LogP contribution in [0.5, 0.6) is 0 Å². The second-order valence-electron chi connectivity index (χ2n) is 5.96. The number of hydrogen-bond donors (Lipinski definition) is 0. The first-order valence-corrected chi connectivity index (χ1v) is 7.40. The molecule has 0 aromatic carbocycles. The highest BCUT2D eigenvalue weighted by atomic mass is 16.5. The minimum atomic E-state index is -0.0825. The summed E-state index contributed by atoms with van der Waals surface area (Å²) >= 11 is 0. The first-order valence-electron chi connectivity index (χ1n) is 7.40. The average Bonchev–Trinajstić information content (AvgIpc) is 2.91. The molecule has 1 spiro atoms. The van der Waals surface area contributed by atoms with E-state index in [0.717, 1.165) is 24.2 Å². The summed E-state index contributed by atoms with van der Waals surface area (Å²) in [6.07, 6.45) is 6.73. The molecule has 0 atom stereocenters. The van der Waals surface area contributed by atoms with Gasteiger partial charge in [0.15, 0.2) is 5.65 Å². The van der Waals surface area contributed by atoms with Gasteiger partial charge in [-0.05, 0) is 26.2 Å². The van der Waals surface area contributed by atoms with Crippen LogP contribution in [0.3, 0.4) is 0 Å². The molecule has 2 aromatic heterocycles. The Morgan fingerprint density at radius 1 is 1.43 bits per heavy atom. The molecule has 1 aliphatic heterocycles. The summed E-state index contributed by atoms with van der Waals surface area (Å²) in [6.45, 7) is 3.82. The summed E-state index contributed by atoms with van der Waals surface area (Å²) in [4.78, 5) is 19.4. The SMILES string of the molecule is Cc1nc2ccnn2cc1C(=O)N1CCOCC12CCC2. The van der Waals surface area contributed by atoms with Crippen molar-refractivity contribution in [1.29, 1.82) is 0 Å². The largest absolute Gasteiger partial charge is 0.377 e. The molecule has 6 nitrogen and oxygen atoms in total. The lowest BCUT2D eigenvalue weighted by atomic mass is 9.75. The Bertz CT molecular complexity index is 705. The summed E-state index contributed by atoms with van der Waals surface area (Å²) in [7, 11) is 0. The zero-order chi connectivity index (χ0) is 14.4. The van der Waals surface area contributed by atoms with Crippen molar-refractivity contribution < 1.29 is 9.53 Å². The van der Waals surface area contributed by atoms with E-state index in [9.17, 15) is 4.79 Å². The van der Waals surface area contributed by atoms with Crippen molar-refractivity contribution in [2.45, 2.75) is 31.7 Å². The van der Waals surface area contributed by atoms with E-state index >= 15 is 0 Å². The van der Waals surface area contributed by atoms with Crippen LogP contribution < -0.4 is 0 Å². The summed E-state index contributed by atoms with van der Waals surface area (Å²) in [5.41, 5.74) is 2.08. The fraction of sp³-hybridized carbons (Fsp3) is 0.533. The van der Waals surface area contributed by atoms with Gasteiger partial charge in [0.1, 0.15) is 0 Å². The summed E-state index contributed by atoms with van der Waals surface area (Å²) < 4.78 is 7.27. The fourth-order valence-corrected chi connectivity index (χ4v) is 3.35. The molecule has 2 aliphatic rings. The average molecular weight is 286 g/mol. The smallest absolute Gasteiger partial charge is 0.257 e. The number of rotatable bonds is 1. The van der Waals surface area contributed by atoms with Crippen LogP contribution in [-0.4, -0.2) is 50.7 Å². The molecule has 110 valence electrons. The Balaban J connectivity index is 1.73. The third-order valence-electron chi connectivity index (χ3n) is 4.74. The normalized spacial score (nSPS) is 20.7. The van der Waals surface area contributed by atoms with Gasteiger partial charge in [0.25, 0.3) is 5.91 Å². The van der Waals surface area contributed by atoms with Crippen molar-refractivity contribution in [2.24, 2.45) is 0 Å². The Morgan fingerprint density at radius 3 is 3.05 bits per heavy atom. The van der Waals surface area contributed by atoms with Crippen LogP contribution in [0.1, 0.15) is 35.3 Å². The highest BCUT2D eigenvalue weighted by Crippen LogP contribution is 2.40. The number of morpholine rings is 1. The van der Waals surface area contributed by atoms with Crippen LogP contribution in [-0.2, 0) is 4.74 Å². The molecular formula is C15H18N4O2. The first kappa shape index (κ1) is 12.8. The topological polar surface area (TPSA) is 59.7 Å². The number of carbonyl (C=O) groups excluding carboxylic acids is 1. The highest BCUT2D eigenvalue weighted by molar-refractivity contribution is 5.95. The molecule has 3 heterocycles. The monoisotopic (exact) mass is 286 g/mol. The first-order chi connectivity index (χ1) is 10.2. The van der Waals surface area contributed by atoms with Gasteiger partial charge in [0.2, 0.25) is 0 Å². The Morgan fingerprint density at radius 2 is 2.29 bits per heavy atom. The maximum atomic E-state index is 13.0. The maximum Gasteiger partial charge on any atom is 0.257 e. The number of ether oxygens (including phenoxy) is 1. The lowest BCUT2D eigenvalue weighted by molar-refractivity contribution is -0.0877. The van der Waals surface area contributed by atoms with Gasteiger partial charge in [-0.3, -0.25) is 4.79 Å². The highest BCUT2D eigenvalue weighted by Gasteiger charge is 2.47. The van der Waals surface area contributed by atoms with Crippen LogP contribution >= 0.6 is 0 Å². The van der Waals surface area contributed by atoms with E-state index in [-0.39, 0.29) is 11.4 Å². The number of aryl methyl sites for hydroxylation is 1. The van der Waals surface area contributed by atoms with Crippen LogP contribution in [0.25, 0.3) is 5.65 Å². The molecule has 2 fully saturated rings. The third kappa shape index (κ3) is 1.86. The minimum Gasteiger partial charge on any atom is -0.377 e. The van der Waals surface area contributed by atoms with Gasteiger partial charge in [-0.25, -0.2) is 9.50 Å². The standard InChI is InChI=1S/C15H18N4O2/c1-11-12(9-19-13(17-11)3-6-16-19)14(20)18-7-8-21-10-15(18)4-2-5-15/h3,6,9H,2,4-5,7-8,10H2,1H3. The molecule has 1 saturated carbocycles. The molecule has 2 aromatic rings. The molecular weight excluding hydrogens is 268 g/mol. The van der Waals surface area contributed by atoms with Gasteiger partial charge in [-0.2, -0.15) is 5.10 Å². The van der Waals surface area contributed by atoms with Gasteiger partial charge < -0.3 is 9.64 Å². The summed E-state index contributed by atoms with van der Waals surface area (Å²) in [5, 5.41) is 4.18. The molecule has 1 amide bonds. The summed E-state index contributed by atoms with van der Waals surface area (Å²) in [6, 6.07) is 1.84. The zero-order valence-corrected chi connectivity index (χ0v) is 12.1. The van der Waals surface area contributed by atoms with E-state index in [2.05, 4.69) is 10.1 Å². The van der Waals surface area contributed by atoms with Gasteiger partial charge >= 0.3 is 0 Å².